The average molecular weight is 232 g/mol. The Hall–Kier alpha value is -1.30. The largest absolute Gasteiger partial charge is 0.465 e. The molecule has 6 nitrogen and oxygen atoms in total. The third-order valence-electron chi connectivity index (χ3n) is 2.58. The molecule has 0 aromatic rings. The van der Waals surface area contributed by atoms with Gasteiger partial charge in [-0.05, 0) is 5.92 Å². The van der Waals surface area contributed by atoms with Crippen molar-refractivity contribution in [3.63, 3.8) is 0 Å². The minimum absolute atomic E-state index is 0.0651. The lowest BCUT2D eigenvalue weighted by Crippen LogP contribution is -2.43. The molecule has 0 saturated carbocycles. The summed E-state index contributed by atoms with van der Waals surface area (Å²) in [5.41, 5.74) is 0. The van der Waals surface area contributed by atoms with E-state index >= 15 is 0 Å². The standard InChI is InChI=1S/C10H20N2O4/c1-7(2)8(11(3)10(14)15)6-9(13)12(4)16-5/h7-8H,6H2,1-5H3,(H,14,15)/t8-/m1/s1. The van der Waals surface area contributed by atoms with Crippen LogP contribution in [0.3, 0.4) is 0 Å². The van der Waals surface area contributed by atoms with Crippen LogP contribution in [0.25, 0.3) is 0 Å². The van der Waals surface area contributed by atoms with Crippen molar-refractivity contribution < 1.29 is 19.5 Å². The molecule has 0 fully saturated rings. The first-order chi connectivity index (χ1) is 7.31. The highest BCUT2D eigenvalue weighted by atomic mass is 16.7. The van der Waals surface area contributed by atoms with Crippen LogP contribution < -0.4 is 0 Å². The minimum Gasteiger partial charge on any atom is -0.465 e. The molecule has 0 saturated heterocycles. The first-order valence-corrected chi connectivity index (χ1v) is 5.07. The molecule has 0 radical (unpaired) electrons. The molecular formula is C10H20N2O4. The van der Waals surface area contributed by atoms with Crippen LogP contribution in [-0.4, -0.2) is 54.3 Å². The van der Waals surface area contributed by atoms with Crippen molar-refractivity contribution in [3.8, 4) is 0 Å². The van der Waals surface area contributed by atoms with E-state index in [-0.39, 0.29) is 24.3 Å². The normalized spacial score (nSPS) is 12.4. The maximum Gasteiger partial charge on any atom is 0.407 e. The molecule has 0 rings (SSSR count). The Morgan fingerprint density at radius 1 is 1.31 bits per heavy atom. The van der Waals surface area contributed by atoms with Crippen LogP contribution >= 0.6 is 0 Å². The van der Waals surface area contributed by atoms with Crippen molar-refractivity contribution in [2.75, 3.05) is 21.2 Å². The van der Waals surface area contributed by atoms with E-state index in [1.54, 1.807) is 0 Å². The predicted molar refractivity (Wildman–Crippen MR) is 58.8 cm³/mol. The predicted octanol–water partition coefficient (Wildman–Crippen LogP) is 1.03. The average Bonchev–Trinajstić information content (AvgIpc) is 2.22. The van der Waals surface area contributed by atoms with E-state index in [0.717, 1.165) is 9.96 Å². The van der Waals surface area contributed by atoms with Gasteiger partial charge in [-0.25, -0.2) is 9.86 Å². The van der Waals surface area contributed by atoms with Gasteiger partial charge in [-0.2, -0.15) is 0 Å². The van der Waals surface area contributed by atoms with Crippen LogP contribution in [0.1, 0.15) is 20.3 Å². The highest BCUT2D eigenvalue weighted by Crippen LogP contribution is 2.14. The highest BCUT2D eigenvalue weighted by Gasteiger charge is 2.26. The van der Waals surface area contributed by atoms with Crippen molar-refractivity contribution in [2.24, 2.45) is 5.92 Å². The number of amides is 2. The molecule has 0 aliphatic carbocycles. The molecule has 1 N–H and O–H groups in total. The van der Waals surface area contributed by atoms with Gasteiger partial charge in [0.2, 0.25) is 5.91 Å². The number of carbonyl (C=O) groups excluding carboxylic acids is 1. The van der Waals surface area contributed by atoms with Crippen LogP contribution in [0, 0.1) is 5.92 Å². The third kappa shape index (κ3) is 4.06. The quantitative estimate of drug-likeness (QED) is 0.719. The van der Waals surface area contributed by atoms with E-state index in [9.17, 15) is 9.59 Å². The number of rotatable bonds is 5. The first kappa shape index (κ1) is 14.7. The number of hydroxylamine groups is 2. The van der Waals surface area contributed by atoms with Crippen LogP contribution in [0.2, 0.25) is 0 Å². The van der Waals surface area contributed by atoms with E-state index in [1.807, 2.05) is 13.8 Å². The van der Waals surface area contributed by atoms with Crippen molar-refractivity contribution in [1.29, 1.82) is 0 Å². The lowest BCUT2D eigenvalue weighted by atomic mass is 9.99. The van der Waals surface area contributed by atoms with Gasteiger partial charge in [0, 0.05) is 26.6 Å². The summed E-state index contributed by atoms with van der Waals surface area (Å²) in [6.07, 6.45) is -0.920. The van der Waals surface area contributed by atoms with E-state index in [0.29, 0.717) is 0 Å². The van der Waals surface area contributed by atoms with Gasteiger partial charge in [0.05, 0.1) is 7.11 Å². The summed E-state index contributed by atoms with van der Waals surface area (Å²) >= 11 is 0. The fraction of sp³-hybridized carbons (Fsp3) is 0.800. The zero-order valence-electron chi connectivity index (χ0n) is 10.4. The fourth-order valence-corrected chi connectivity index (χ4v) is 1.37. The van der Waals surface area contributed by atoms with Crippen LogP contribution in [-0.2, 0) is 9.63 Å². The number of carboxylic acid groups (broad SMARTS) is 1. The Morgan fingerprint density at radius 2 is 1.81 bits per heavy atom. The van der Waals surface area contributed by atoms with Gasteiger partial charge in [-0.3, -0.25) is 9.63 Å². The Kier molecular flexibility index (Phi) is 5.81. The minimum atomic E-state index is -1.04. The molecule has 0 heterocycles. The van der Waals surface area contributed by atoms with E-state index in [4.69, 9.17) is 9.94 Å². The molecule has 0 spiro atoms. The highest BCUT2D eigenvalue weighted by molar-refractivity contribution is 5.76. The van der Waals surface area contributed by atoms with Crippen molar-refractivity contribution >= 4 is 12.0 Å². The molecule has 6 heteroatoms. The summed E-state index contributed by atoms with van der Waals surface area (Å²) in [6, 6.07) is -0.345. The second kappa shape index (κ2) is 6.32. The summed E-state index contributed by atoms with van der Waals surface area (Å²) in [5.74, 6) is -0.176. The Balaban J connectivity index is 4.58. The molecule has 16 heavy (non-hydrogen) atoms. The molecule has 0 bridgehead atoms. The summed E-state index contributed by atoms with van der Waals surface area (Å²) in [7, 11) is 4.36. The van der Waals surface area contributed by atoms with Crippen LogP contribution in [0.5, 0.6) is 0 Å². The number of hydrogen-bond donors (Lipinski definition) is 1. The Morgan fingerprint density at radius 3 is 2.12 bits per heavy atom. The Labute approximate surface area is 95.7 Å². The summed E-state index contributed by atoms with van der Waals surface area (Å²) < 4.78 is 0. The molecule has 2 amide bonds. The van der Waals surface area contributed by atoms with Gasteiger partial charge in [0.25, 0.3) is 0 Å². The number of nitrogens with zero attached hydrogens (tertiary/aromatic N) is 2. The van der Waals surface area contributed by atoms with Gasteiger partial charge < -0.3 is 10.0 Å². The van der Waals surface area contributed by atoms with Gasteiger partial charge in [-0.1, -0.05) is 13.8 Å². The van der Waals surface area contributed by atoms with Crippen molar-refractivity contribution in [3.05, 3.63) is 0 Å². The summed E-state index contributed by atoms with van der Waals surface area (Å²) in [4.78, 5) is 28.3. The van der Waals surface area contributed by atoms with Gasteiger partial charge in [0.15, 0.2) is 0 Å². The smallest absolute Gasteiger partial charge is 0.407 e. The third-order valence-corrected chi connectivity index (χ3v) is 2.58. The topological polar surface area (TPSA) is 70.1 Å². The fourth-order valence-electron chi connectivity index (χ4n) is 1.37. The molecule has 0 aromatic heterocycles. The second-order valence-electron chi connectivity index (χ2n) is 3.98. The van der Waals surface area contributed by atoms with Crippen molar-refractivity contribution in [2.45, 2.75) is 26.3 Å². The van der Waals surface area contributed by atoms with E-state index in [2.05, 4.69) is 0 Å². The number of hydrogen-bond acceptors (Lipinski definition) is 3. The van der Waals surface area contributed by atoms with Gasteiger partial charge in [-0.15, -0.1) is 0 Å². The molecule has 94 valence electrons. The number of carbonyl (C=O) groups is 2. The monoisotopic (exact) mass is 232 g/mol. The zero-order chi connectivity index (χ0) is 12.9. The molecule has 0 aliphatic heterocycles. The van der Waals surface area contributed by atoms with E-state index in [1.165, 1.54) is 21.2 Å². The lowest BCUT2D eigenvalue weighted by molar-refractivity contribution is -0.170. The maximum atomic E-state index is 11.6. The summed E-state index contributed by atoms with van der Waals surface area (Å²) in [5, 5.41) is 9.98. The molecule has 0 unspecified atom stereocenters. The second-order valence-corrected chi connectivity index (χ2v) is 3.98. The van der Waals surface area contributed by atoms with Crippen LogP contribution in [0.15, 0.2) is 0 Å². The SMILES string of the molecule is CON(C)C(=O)C[C@H](C(C)C)N(C)C(=O)O. The molecular weight excluding hydrogens is 212 g/mol. The molecule has 1 atom stereocenters. The van der Waals surface area contributed by atoms with Crippen LogP contribution in [0.4, 0.5) is 4.79 Å². The summed E-state index contributed by atoms with van der Waals surface area (Å²) in [6.45, 7) is 3.76. The molecule has 0 aliphatic rings. The van der Waals surface area contributed by atoms with E-state index < -0.39 is 6.09 Å². The van der Waals surface area contributed by atoms with Gasteiger partial charge >= 0.3 is 6.09 Å². The maximum absolute atomic E-state index is 11.6. The molecule has 0 aromatic carbocycles. The van der Waals surface area contributed by atoms with Crippen molar-refractivity contribution in [1.82, 2.24) is 9.96 Å². The Bertz CT molecular complexity index is 255. The zero-order valence-corrected chi connectivity index (χ0v) is 10.4. The lowest BCUT2D eigenvalue weighted by Gasteiger charge is -2.29. The van der Waals surface area contributed by atoms with Gasteiger partial charge in [0.1, 0.15) is 0 Å². The first-order valence-electron chi connectivity index (χ1n) is 5.07.